The first kappa shape index (κ1) is 28.4. The number of carbonyl (C=O) groups excluding carboxylic acids is 2. The van der Waals surface area contributed by atoms with Gasteiger partial charge in [0, 0.05) is 41.4 Å². The van der Waals surface area contributed by atoms with E-state index in [-0.39, 0.29) is 48.7 Å². The van der Waals surface area contributed by atoms with Crippen LogP contribution < -0.4 is 15.5 Å². The molecule has 2 saturated heterocycles. The Morgan fingerprint density at radius 3 is 2.60 bits per heavy atom. The van der Waals surface area contributed by atoms with Crippen LogP contribution in [-0.4, -0.2) is 60.3 Å². The quantitative estimate of drug-likeness (QED) is 0.215. The first-order valence-corrected chi connectivity index (χ1v) is 16.7. The lowest BCUT2D eigenvalue weighted by molar-refractivity contribution is -0.385. The summed E-state index contributed by atoms with van der Waals surface area (Å²) in [5.74, 6) is -0.896. The monoisotopic (exact) mass is 568 g/mol. The fraction of sp³-hybridized carbons (Fsp3) is 0.500. The van der Waals surface area contributed by atoms with Gasteiger partial charge in [-0.15, -0.1) is 0 Å². The average Bonchev–Trinajstić information content (AvgIpc) is 3.59. The van der Waals surface area contributed by atoms with Crippen molar-refractivity contribution in [3.05, 3.63) is 63.7 Å². The molecule has 0 aliphatic carbocycles. The second-order valence-corrected chi connectivity index (χ2v) is 15.5. The summed E-state index contributed by atoms with van der Waals surface area (Å²) in [5, 5.41) is 27.5. The summed E-state index contributed by atoms with van der Waals surface area (Å²) in [5.41, 5.74) is 0.360. The Balaban J connectivity index is 1.47. The van der Waals surface area contributed by atoms with Crippen LogP contribution >= 0.6 is 0 Å². The summed E-state index contributed by atoms with van der Waals surface area (Å²) in [4.78, 5) is 50.7. The van der Waals surface area contributed by atoms with Crippen molar-refractivity contribution < 1.29 is 29.2 Å². The Labute approximate surface area is 233 Å². The van der Waals surface area contributed by atoms with Crippen LogP contribution in [0.2, 0.25) is 18.6 Å². The molecule has 4 N–H and O–H groups in total. The Kier molecular flexibility index (Phi) is 7.57. The standard InChI is InChI=1S/C28H36N4O7Si/c1-17-25(40(2,3)38)24(12-14-33)39-28(17)21-15-20(32(36)37)10-11-23(21)31(27(28)35)16-18-6-8-19(9-7-18)30-26(34)22-5-4-13-29-22/h6-11,15,17,22,24-25,29,33,38H,4-5,12-14,16H2,1-3H3,(H,30,34)/t17-,22-,24+,25-,28+/m1/s1. The highest BCUT2D eigenvalue weighted by Gasteiger charge is 2.66. The Morgan fingerprint density at radius 1 is 1.27 bits per heavy atom. The van der Waals surface area contributed by atoms with Crippen LogP contribution in [0.15, 0.2) is 42.5 Å². The first-order chi connectivity index (χ1) is 19.0. The molecule has 40 heavy (non-hydrogen) atoms. The van der Waals surface area contributed by atoms with E-state index in [1.54, 1.807) is 36.2 Å². The lowest BCUT2D eigenvalue weighted by Crippen LogP contribution is -2.46. The largest absolute Gasteiger partial charge is 0.432 e. The van der Waals surface area contributed by atoms with Crippen LogP contribution in [0.4, 0.5) is 17.1 Å². The molecule has 1 spiro atoms. The van der Waals surface area contributed by atoms with Gasteiger partial charge in [-0.05, 0) is 62.7 Å². The van der Waals surface area contributed by atoms with Gasteiger partial charge in [0.05, 0.1) is 29.3 Å². The van der Waals surface area contributed by atoms with Crippen molar-refractivity contribution >= 4 is 37.2 Å². The number of carbonyl (C=O) groups is 2. The van der Waals surface area contributed by atoms with Crippen LogP contribution in [0.25, 0.3) is 0 Å². The van der Waals surface area contributed by atoms with Crippen molar-refractivity contribution in [2.24, 2.45) is 5.92 Å². The number of hydrogen-bond acceptors (Lipinski definition) is 8. The van der Waals surface area contributed by atoms with Gasteiger partial charge >= 0.3 is 0 Å². The van der Waals surface area contributed by atoms with Gasteiger partial charge in [-0.1, -0.05) is 19.1 Å². The van der Waals surface area contributed by atoms with E-state index in [9.17, 15) is 29.6 Å². The highest BCUT2D eigenvalue weighted by atomic mass is 28.4. The summed E-state index contributed by atoms with van der Waals surface area (Å²) in [6, 6.07) is 11.4. The molecule has 2 amide bonds. The molecule has 2 aromatic carbocycles. The molecule has 2 aromatic rings. The van der Waals surface area contributed by atoms with Crippen molar-refractivity contribution in [2.75, 3.05) is 23.4 Å². The average molecular weight is 569 g/mol. The molecule has 0 bridgehead atoms. The number of aliphatic hydroxyl groups is 1. The molecule has 214 valence electrons. The van der Waals surface area contributed by atoms with Gasteiger partial charge in [0.2, 0.25) is 5.91 Å². The number of amides is 2. The number of non-ortho nitro benzene ring substituents is 1. The highest BCUT2D eigenvalue weighted by Crippen LogP contribution is 2.60. The van der Waals surface area contributed by atoms with Crippen molar-refractivity contribution in [3.8, 4) is 0 Å². The summed E-state index contributed by atoms with van der Waals surface area (Å²) in [7, 11) is -2.87. The second kappa shape index (κ2) is 10.7. The minimum Gasteiger partial charge on any atom is -0.432 e. The van der Waals surface area contributed by atoms with Gasteiger partial charge in [-0.3, -0.25) is 19.7 Å². The maximum absolute atomic E-state index is 14.3. The van der Waals surface area contributed by atoms with Gasteiger partial charge in [0.25, 0.3) is 11.6 Å². The van der Waals surface area contributed by atoms with E-state index < -0.39 is 30.9 Å². The summed E-state index contributed by atoms with van der Waals surface area (Å²) in [6.07, 6.45) is 1.44. The molecule has 0 unspecified atom stereocenters. The number of anilines is 2. The van der Waals surface area contributed by atoms with Crippen molar-refractivity contribution in [3.63, 3.8) is 0 Å². The Hall–Kier alpha value is -3.16. The molecule has 3 aliphatic heterocycles. The van der Waals surface area contributed by atoms with Gasteiger partial charge in [-0.25, -0.2) is 0 Å². The number of nitrogens with zero attached hydrogens (tertiary/aromatic N) is 2. The third-order valence-corrected chi connectivity index (χ3v) is 11.0. The van der Waals surface area contributed by atoms with Crippen LogP contribution in [-0.2, 0) is 26.5 Å². The number of nitrogens with one attached hydrogen (secondary N) is 2. The minimum atomic E-state index is -2.87. The lowest BCUT2D eigenvalue weighted by Gasteiger charge is -2.32. The number of fused-ring (bicyclic) bond motifs is 2. The minimum absolute atomic E-state index is 0.0767. The van der Waals surface area contributed by atoms with Gasteiger partial charge < -0.3 is 30.2 Å². The number of nitro benzene ring substituents is 1. The van der Waals surface area contributed by atoms with Crippen molar-refractivity contribution in [1.29, 1.82) is 0 Å². The topological polar surface area (TPSA) is 154 Å². The van der Waals surface area contributed by atoms with E-state index in [0.717, 1.165) is 24.9 Å². The predicted octanol–water partition coefficient (Wildman–Crippen LogP) is 3.01. The SMILES string of the molecule is C[C@@H]1[C@@H]([Si](C)(C)O)[C@H](CCO)O[C@@]12C(=O)N(Cc1ccc(NC(=O)[C@H]3CCCN3)cc1)c1ccc([N+](=O)[O-])cc12. The summed E-state index contributed by atoms with van der Waals surface area (Å²) < 4.78 is 6.50. The first-order valence-electron chi connectivity index (χ1n) is 13.7. The molecule has 0 saturated carbocycles. The zero-order chi connectivity index (χ0) is 28.8. The van der Waals surface area contributed by atoms with Crippen molar-refractivity contribution in [2.45, 2.75) is 69.1 Å². The predicted molar refractivity (Wildman–Crippen MR) is 151 cm³/mol. The lowest BCUT2D eigenvalue weighted by atomic mass is 9.82. The normalized spacial score (nSPS) is 27.8. The summed E-state index contributed by atoms with van der Waals surface area (Å²) >= 11 is 0. The third-order valence-electron chi connectivity index (χ3n) is 8.53. The van der Waals surface area contributed by atoms with Gasteiger partial charge in [0.1, 0.15) is 0 Å². The van der Waals surface area contributed by atoms with E-state index in [0.29, 0.717) is 16.9 Å². The Morgan fingerprint density at radius 2 is 2.00 bits per heavy atom. The van der Waals surface area contributed by atoms with Gasteiger partial charge in [-0.2, -0.15) is 0 Å². The van der Waals surface area contributed by atoms with E-state index in [1.807, 2.05) is 19.1 Å². The fourth-order valence-electron chi connectivity index (χ4n) is 6.75. The van der Waals surface area contributed by atoms with E-state index in [2.05, 4.69) is 10.6 Å². The van der Waals surface area contributed by atoms with E-state index >= 15 is 0 Å². The number of benzene rings is 2. The highest BCUT2D eigenvalue weighted by molar-refractivity contribution is 6.71. The number of nitro groups is 1. The number of rotatable bonds is 8. The third kappa shape index (κ3) is 4.83. The fourth-order valence-corrected chi connectivity index (χ4v) is 9.35. The smallest absolute Gasteiger partial charge is 0.269 e. The zero-order valence-corrected chi connectivity index (χ0v) is 23.9. The molecule has 0 aromatic heterocycles. The molecule has 2 fully saturated rings. The zero-order valence-electron chi connectivity index (χ0n) is 22.9. The Bertz CT molecular complexity index is 1310. The molecule has 5 atom stereocenters. The molecule has 5 rings (SSSR count). The molecular weight excluding hydrogens is 532 g/mol. The molecule has 3 heterocycles. The van der Waals surface area contributed by atoms with E-state index in [1.165, 1.54) is 12.1 Å². The van der Waals surface area contributed by atoms with Crippen molar-refractivity contribution in [1.82, 2.24) is 5.32 Å². The van der Waals surface area contributed by atoms with E-state index in [4.69, 9.17) is 4.74 Å². The maximum atomic E-state index is 14.3. The molecule has 11 nitrogen and oxygen atoms in total. The van der Waals surface area contributed by atoms with Crippen LogP contribution in [0.5, 0.6) is 0 Å². The maximum Gasteiger partial charge on any atom is 0.269 e. The number of ether oxygens (including phenoxy) is 1. The van der Waals surface area contributed by atoms with Crippen LogP contribution in [0.1, 0.15) is 37.3 Å². The summed E-state index contributed by atoms with van der Waals surface area (Å²) in [6.45, 7) is 6.27. The number of aliphatic hydroxyl groups excluding tert-OH is 1. The van der Waals surface area contributed by atoms with Crippen LogP contribution in [0, 0.1) is 16.0 Å². The van der Waals surface area contributed by atoms with Gasteiger partial charge in [0.15, 0.2) is 13.9 Å². The molecule has 3 aliphatic rings. The second-order valence-electron chi connectivity index (χ2n) is 11.6. The van der Waals surface area contributed by atoms with Crippen LogP contribution in [0.3, 0.4) is 0 Å². The molecule has 12 heteroatoms. The number of hydrogen-bond donors (Lipinski definition) is 4. The molecule has 0 radical (unpaired) electrons. The molecular formula is C28H36N4O7Si.